The molecular weight excluding hydrogens is 236 g/mol. The van der Waals surface area contributed by atoms with Crippen LogP contribution in [0.5, 0.6) is 0 Å². The number of thiazole rings is 1. The molecule has 90 valence electrons. The van der Waals surface area contributed by atoms with Gasteiger partial charge in [-0.25, -0.2) is 4.98 Å². The first-order valence-electron chi connectivity index (χ1n) is 6.02. The fraction of sp³-hybridized carbons (Fsp3) is 0.750. The monoisotopic (exact) mass is 256 g/mol. The minimum atomic E-state index is 0.165. The summed E-state index contributed by atoms with van der Waals surface area (Å²) in [6.07, 6.45) is 3.74. The first-order chi connectivity index (χ1) is 7.77. The minimum Gasteiger partial charge on any atom is -0.305 e. The largest absolute Gasteiger partial charge is 0.305 e. The number of aryl methyl sites for hydroxylation is 1. The van der Waals surface area contributed by atoms with Gasteiger partial charge in [-0.05, 0) is 38.5 Å². The standard InChI is InChI=1S/C12H20N2S2/c1-3-6-13-12(5-4-7-15-9-12)11-14-10(2)8-16-11/h8,13H,3-7,9H2,1-2H3. The Kier molecular flexibility index (Phi) is 4.27. The van der Waals surface area contributed by atoms with Crippen LogP contribution in [0, 0.1) is 6.92 Å². The van der Waals surface area contributed by atoms with Crippen molar-refractivity contribution in [3.05, 3.63) is 16.1 Å². The molecule has 1 aromatic rings. The molecule has 2 nitrogen and oxygen atoms in total. The molecule has 0 aromatic carbocycles. The van der Waals surface area contributed by atoms with Crippen molar-refractivity contribution in [3.8, 4) is 0 Å². The molecular formula is C12H20N2S2. The van der Waals surface area contributed by atoms with Gasteiger partial charge in [0.2, 0.25) is 0 Å². The third-order valence-corrected chi connectivity index (χ3v) is 5.42. The lowest BCUT2D eigenvalue weighted by atomic mass is 9.96. The average molecular weight is 256 g/mol. The summed E-state index contributed by atoms with van der Waals surface area (Å²) in [5, 5.41) is 7.21. The van der Waals surface area contributed by atoms with E-state index >= 15 is 0 Å². The van der Waals surface area contributed by atoms with Crippen LogP contribution in [0.2, 0.25) is 0 Å². The highest BCUT2D eigenvalue weighted by Gasteiger charge is 2.36. The highest BCUT2D eigenvalue weighted by Crippen LogP contribution is 2.36. The van der Waals surface area contributed by atoms with E-state index in [2.05, 4.69) is 36.3 Å². The van der Waals surface area contributed by atoms with Gasteiger partial charge in [-0.15, -0.1) is 11.3 Å². The summed E-state index contributed by atoms with van der Waals surface area (Å²) in [5.41, 5.74) is 1.32. The summed E-state index contributed by atoms with van der Waals surface area (Å²) in [6, 6.07) is 0. The second kappa shape index (κ2) is 5.52. The number of rotatable bonds is 4. The van der Waals surface area contributed by atoms with E-state index in [1.807, 2.05) is 11.3 Å². The van der Waals surface area contributed by atoms with Crippen molar-refractivity contribution in [1.29, 1.82) is 0 Å². The maximum Gasteiger partial charge on any atom is 0.114 e. The summed E-state index contributed by atoms with van der Waals surface area (Å²) in [4.78, 5) is 4.70. The molecule has 0 amide bonds. The van der Waals surface area contributed by atoms with Crippen molar-refractivity contribution in [2.75, 3.05) is 18.1 Å². The van der Waals surface area contributed by atoms with E-state index in [9.17, 15) is 0 Å². The Morgan fingerprint density at radius 3 is 3.00 bits per heavy atom. The van der Waals surface area contributed by atoms with E-state index in [1.165, 1.54) is 35.8 Å². The number of thioether (sulfide) groups is 1. The van der Waals surface area contributed by atoms with Crippen LogP contribution in [0.25, 0.3) is 0 Å². The zero-order chi connectivity index (χ0) is 11.4. The predicted molar refractivity (Wildman–Crippen MR) is 73.4 cm³/mol. The second-order valence-electron chi connectivity index (χ2n) is 4.46. The Hall–Kier alpha value is -0.0600. The van der Waals surface area contributed by atoms with E-state index in [0.717, 1.165) is 12.2 Å². The molecule has 0 bridgehead atoms. The van der Waals surface area contributed by atoms with E-state index in [-0.39, 0.29) is 5.54 Å². The molecule has 1 unspecified atom stereocenters. The normalized spacial score (nSPS) is 25.9. The molecule has 0 spiro atoms. The number of nitrogens with zero attached hydrogens (tertiary/aromatic N) is 1. The maximum absolute atomic E-state index is 4.70. The first kappa shape index (κ1) is 12.4. The van der Waals surface area contributed by atoms with Crippen LogP contribution in [0.15, 0.2) is 5.38 Å². The topological polar surface area (TPSA) is 24.9 Å². The number of aromatic nitrogens is 1. The smallest absolute Gasteiger partial charge is 0.114 e. The molecule has 1 fully saturated rings. The molecule has 1 atom stereocenters. The molecule has 2 heterocycles. The Morgan fingerprint density at radius 1 is 1.56 bits per heavy atom. The Balaban J connectivity index is 2.18. The zero-order valence-electron chi connectivity index (χ0n) is 10.1. The first-order valence-corrected chi connectivity index (χ1v) is 8.06. The number of nitrogens with one attached hydrogen (secondary N) is 1. The van der Waals surface area contributed by atoms with Gasteiger partial charge < -0.3 is 5.32 Å². The van der Waals surface area contributed by atoms with Crippen LogP contribution < -0.4 is 5.32 Å². The SMILES string of the molecule is CCCNC1(c2nc(C)cs2)CCCSC1. The van der Waals surface area contributed by atoms with Crippen molar-refractivity contribution >= 4 is 23.1 Å². The molecule has 1 saturated heterocycles. The Labute approximate surface area is 106 Å². The van der Waals surface area contributed by atoms with Crippen LogP contribution in [0.3, 0.4) is 0 Å². The molecule has 2 rings (SSSR count). The van der Waals surface area contributed by atoms with Crippen LogP contribution in [-0.4, -0.2) is 23.0 Å². The summed E-state index contributed by atoms with van der Waals surface area (Å²) >= 11 is 3.88. The van der Waals surface area contributed by atoms with Crippen LogP contribution in [0.1, 0.15) is 36.9 Å². The molecule has 1 aliphatic heterocycles. The minimum absolute atomic E-state index is 0.165. The summed E-state index contributed by atoms with van der Waals surface area (Å²) in [7, 11) is 0. The average Bonchev–Trinajstić information content (AvgIpc) is 2.75. The number of hydrogen-bond acceptors (Lipinski definition) is 4. The molecule has 1 N–H and O–H groups in total. The van der Waals surface area contributed by atoms with Gasteiger partial charge in [-0.3, -0.25) is 0 Å². The van der Waals surface area contributed by atoms with Crippen molar-refractivity contribution in [2.45, 2.75) is 38.6 Å². The highest BCUT2D eigenvalue weighted by molar-refractivity contribution is 7.99. The van der Waals surface area contributed by atoms with Gasteiger partial charge in [-0.1, -0.05) is 6.92 Å². The summed E-state index contributed by atoms with van der Waals surface area (Å²) in [6.45, 7) is 5.41. The molecule has 16 heavy (non-hydrogen) atoms. The zero-order valence-corrected chi connectivity index (χ0v) is 11.7. The summed E-state index contributed by atoms with van der Waals surface area (Å²) in [5.74, 6) is 2.49. The van der Waals surface area contributed by atoms with Gasteiger partial charge in [0.1, 0.15) is 5.01 Å². The van der Waals surface area contributed by atoms with Gasteiger partial charge in [0.25, 0.3) is 0 Å². The number of hydrogen-bond donors (Lipinski definition) is 1. The van der Waals surface area contributed by atoms with Gasteiger partial charge in [0, 0.05) is 16.8 Å². The van der Waals surface area contributed by atoms with E-state index in [0.29, 0.717) is 0 Å². The Bertz CT molecular complexity index is 330. The quantitative estimate of drug-likeness (QED) is 0.895. The van der Waals surface area contributed by atoms with Crippen molar-refractivity contribution in [3.63, 3.8) is 0 Å². The van der Waals surface area contributed by atoms with E-state index < -0.39 is 0 Å². The molecule has 0 aliphatic carbocycles. The lowest BCUT2D eigenvalue weighted by Gasteiger charge is -2.36. The maximum atomic E-state index is 4.70. The van der Waals surface area contributed by atoms with Gasteiger partial charge in [-0.2, -0.15) is 11.8 Å². The van der Waals surface area contributed by atoms with Crippen LogP contribution in [-0.2, 0) is 5.54 Å². The van der Waals surface area contributed by atoms with Crippen molar-refractivity contribution in [1.82, 2.24) is 10.3 Å². The highest BCUT2D eigenvalue weighted by atomic mass is 32.2. The third-order valence-electron chi connectivity index (χ3n) is 2.98. The molecule has 0 saturated carbocycles. The van der Waals surface area contributed by atoms with Crippen LogP contribution in [0.4, 0.5) is 0 Å². The second-order valence-corrected chi connectivity index (χ2v) is 6.42. The molecule has 4 heteroatoms. The van der Waals surface area contributed by atoms with Gasteiger partial charge >= 0.3 is 0 Å². The molecule has 1 aliphatic rings. The predicted octanol–water partition coefficient (Wildman–Crippen LogP) is 3.17. The van der Waals surface area contributed by atoms with Crippen molar-refractivity contribution < 1.29 is 0 Å². The summed E-state index contributed by atoms with van der Waals surface area (Å²) < 4.78 is 0. The van der Waals surface area contributed by atoms with Gasteiger partial charge in [0.05, 0.1) is 5.54 Å². The lowest BCUT2D eigenvalue weighted by molar-refractivity contribution is 0.337. The van der Waals surface area contributed by atoms with E-state index in [1.54, 1.807) is 0 Å². The molecule has 0 radical (unpaired) electrons. The molecule has 1 aromatic heterocycles. The Morgan fingerprint density at radius 2 is 2.44 bits per heavy atom. The van der Waals surface area contributed by atoms with Gasteiger partial charge in [0.15, 0.2) is 0 Å². The fourth-order valence-corrected chi connectivity index (χ4v) is 4.44. The van der Waals surface area contributed by atoms with Crippen molar-refractivity contribution in [2.24, 2.45) is 0 Å². The van der Waals surface area contributed by atoms with E-state index in [4.69, 9.17) is 4.98 Å². The lowest BCUT2D eigenvalue weighted by Crippen LogP contribution is -2.46. The van der Waals surface area contributed by atoms with Crippen LogP contribution >= 0.6 is 23.1 Å². The fourth-order valence-electron chi connectivity index (χ4n) is 2.12. The third kappa shape index (κ3) is 2.60.